The van der Waals surface area contributed by atoms with Gasteiger partial charge in [-0.2, -0.15) is 4.31 Å². The standard InChI is InChI=1S/C31H32Cl2N4O8S2/c1-46(42,43)21-6-4-7-22(14-21)47(44,45)37-17-19-5-2-3-8-23(19)28(37)30(39)36-26(31(40)41)13-18-9-11-20(12-10-18)35-29(38)27-24(32)15-34-16-25(27)33/h4,6-7,9-12,14-16,19,23,26,28H,2-3,5,8,13,17H2,1H3,(H,35,38)(H,36,39)(H,40,41)/t19-,23-,26+,28+/m1/s1. The summed E-state index contributed by atoms with van der Waals surface area (Å²) in [6.45, 7) is 0.0645. The summed E-state index contributed by atoms with van der Waals surface area (Å²) in [6, 6.07) is 8.73. The van der Waals surface area contributed by atoms with Crippen LogP contribution >= 0.6 is 23.2 Å². The number of carboxylic acids is 1. The molecule has 2 fully saturated rings. The minimum Gasteiger partial charge on any atom is -0.480 e. The third kappa shape index (κ3) is 7.62. The maximum atomic E-state index is 13.9. The fourth-order valence-corrected chi connectivity index (χ4v) is 9.26. The van der Waals surface area contributed by atoms with Crippen molar-refractivity contribution in [1.29, 1.82) is 0 Å². The third-order valence-corrected chi connectivity index (χ3v) is 12.1. The highest BCUT2D eigenvalue weighted by molar-refractivity contribution is 7.91. The van der Waals surface area contributed by atoms with Gasteiger partial charge in [0.1, 0.15) is 12.1 Å². The molecular formula is C31H32Cl2N4O8S2. The molecule has 1 aromatic heterocycles. The van der Waals surface area contributed by atoms with E-state index in [9.17, 15) is 36.3 Å². The largest absolute Gasteiger partial charge is 0.480 e. The Hall–Kier alpha value is -3.56. The van der Waals surface area contributed by atoms with Crippen LogP contribution in [0.3, 0.4) is 0 Å². The van der Waals surface area contributed by atoms with Crippen molar-refractivity contribution in [3.05, 3.63) is 82.1 Å². The maximum absolute atomic E-state index is 13.9. The van der Waals surface area contributed by atoms with Crippen LogP contribution in [0.5, 0.6) is 0 Å². The highest BCUT2D eigenvalue weighted by Gasteiger charge is 2.51. The molecule has 16 heteroatoms. The van der Waals surface area contributed by atoms with E-state index in [1.54, 1.807) is 24.3 Å². The van der Waals surface area contributed by atoms with Crippen molar-refractivity contribution in [1.82, 2.24) is 14.6 Å². The number of benzene rings is 2. The van der Waals surface area contributed by atoms with E-state index >= 15 is 0 Å². The lowest BCUT2D eigenvalue weighted by Crippen LogP contribution is -2.53. The van der Waals surface area contributed by atoms with E-state index in [1.807, 2.05) is 0 Å². The normalized spacial score (nSPS) is 20.6. The van der Waals surface area contributed by atoms with Crippen molar-refractivity contribution in [2.24, 2.45) is 11.8 Å². The topological polar surface area (TPSA) is 180 Å². The quantitative estimate of drug-likeness (QED) is 0.278. The molecule has 3 N–H and O–H groups in total. The number of fused-ring (bicyclic) bond motifs is 1. The Morgan fingerprint density at radius 1 is 0.979 bits per heavy atom. The molecule has 1 aliphatic heterocycles. The number of sulfonamides is 1. The summed E-state index contributed by atoms with van der Waals surface area (Å²) in [6.07, 6.45) is 6.42. The second kappa shape index (κ2) is 13.9. The Bertz CT molecular complexity index is 1900. The molecule has 1 saturated carbocycles. The Balaban J connectivity index is 1.34. The van der Waals surface area contributed by atoms with Gasteiger partial charge in [0.25, 0.3) is 5.91 Å². The van der Waals surface area contributed by atoms with E-state index in [1.165, 1.54) is 30.6 Å². The molecule has 2 amide bonds. The lowest BCUT2D eigenvalue weighted by atomic mass is 9.78. The van der Waals surface area contributed by atoms with Gasteiger partial charge in [0.2, 0.25) is 15.9 Å². The first kappa shape index (κ1) is 34.8. The number of carbonyl (C=O) groups excluding carboxylic acids is 2. The minimum atomic E-state index is -4.32. The molecule has 5 rings (SSSR count). The van der Waals surface area contributed by atoms with Gasteiger partial charge in [0, 0.05) is 37.3 Å². The number of carbonyl (C=O) groups is 3. The maximum Gasteiger partial charge on any atom is 0.326 e. The molecule has 2 aromatic carbocycles. The second-order valence-electron chi connectivity index (χ2n) is 11.7. The van der Waals surface area contributed by atoms with Crippen molar-refractivity contribution in [3.8, 4) is 0 Å². The van der Waals surface area contributed by atoms with Gasteiger partial charge in [-0.05, 0) is 60.6 Å². The Morgan fingerprint density at radius 3 is 2.26 bits per heavy atom. The van der Waals surface area contributed by atoms with Crippen molar-refractivity contribution >= 4 is 66.5 Å². The number of nitrogens with one attached hydrogen (secondary N) is 2. The first-order chi connectivity index (χ1) is 22.2. The van der Waals surface area contributed by atoms with Crippen molar-refractivity contribution in [3.63, 3.8) is 0 Å². The van der Waals surface area contributed by atoms with Gasteiger partial charge in [-0.3, -0.25) is 14.6 Å². The molecule has 12 nitrogen and oxygen atoms in total. The summed E-state index contributed by atoms with van der Waals surface area (Å²) in [5, 5.41) is 15.4. The van der Waals surface area contributed by atoms with Crippen LogP contribution in [0.1, 0.15) is 41.6 Å². The van der Waals surface area contributed by atoms with Gasteiger partial charge in [-0.15, -0.1) is 0 Å². The van der Waals surface area contributed by atoms with Crippen LogP contribution in [0.4, 0.5) is 5.69 Å². The number of hydrogen-bond acceptors (Lipinski definition) is 8. The number of halogens is 2. The molecule has 0 unspecified atom stereocenters. The van der Waals surface area contributed by atoms with Gasteiger partial charge >= 0.3 is 5.97 Å². The number of aliphatic carboxylic acids is 1. The molecule has 0 spiro atoms. The summed E-state index contributed by atoms with van der Waals surface area (Å²) in [5.41, 5.74) is 0.959. The van der Waals surface area contributed by atoms with Crippen LogP contribution in [-0.4, -0.2) is 73.9 Å². The van der Waals surface area contributed by atoms with E-state index in [2.05, 4.69) is 15.6 Å². The predicted octanol–water partition coefficient (Wildman–Crippen LogP) is 4.04. The summed E-state index contributed by atoms with van der Waals surface area (Å²) < 4.78 is 53.2. The zero-order valence-corrected chi connectivity index (χ0v) is 28.2. The molecule has 1 saturated heterocycles. The summed E-state index contributed by atoms with van der Waals surface area (Å²) >= 11 is 12.1. The fraction of sp³-hybridized carbons (Fsp3) is 0.355. The van der Waals surface area contributed by atoms with Crippen LogP contribution in [0.2, 0.25) is 10.0 Å². The molecular weight excluding hydrogens is 691 g/mol. The average Bonchev–Trinajstić information content (AvgIpc) is 3.42. The number of rotatable bonds is 10. The molecule has 0 bridgehead atoms. The van der Waals surface area contributed by atoms with Gasteiger partial charge < -0.3 is 15.7 Å². The molecule has 1 aliphatic carbocycles. The molecule has 47 heavy (non-hydrogen) atoms. The number of carboxylic acid groups (broad SMARTS) is 1. The summed E-state index contributed by atoms with van der Waals surface area (Å²) in [4.78, 5) is 42.2. The molecule has 0 radical (unpaired) electrons. The van der Waals surface area contributed by atoms with Crippen LogP contribution in [0.25, 0.3) is 0 Å². The van der Waals surface area contributed by atoms with Crippen molar-refractivity contribution in [2.45, 2.75) is 54.0 Å². The number of hydrogen-bond donors (Lipinski definition) is 3. The van der Waals surface area contributed by atoms with Crippen LogP contribution in [0.15, 0.2) is 70.7 Å². The molecule has 2 heterocycles. The molecule has 250 valence electrons. The highest BCUT2D eigenvalue weighted by atomic mass is 35.5. The van der Waals surface area contributed by atoms with E-state index in [-0.39, 0.29) is 50.2 Å². The van der Waals surface area contributed by atoms with Gasteiger partial charge in [0.15, 0.2) is 9.84 Å². The first-order valence-electron chi connectivity index (χ1n) is 14.7. The number of pyridine rings is 1. The van der Waals surface area contributed by atoms with Crippen LogP contribution in [0, 0.1) is 11.8 Å². The minimum absolute atomic E-state index is 0.0485. The van der Waals surface area contributed by atoms with Crippen LogP contribution in [-0.2, 0) is 35.9 Å². The number of nitrogens with zero attached hydrogens (tertiary/aromatic N) is 2. The third-order valence-electron chi connectivity index (χ3n) is 8.55. The fourth-order valence-electron chi connectivity index (χ4n) is 6.25. The first-order valence-corrected chi connectivity index (χ1v) is 18.8. The lowest BCUT2D eigenvalue weighted by Gasteiger charge is -2.30. The number of anilines is 1. The monoisotopic (exact) mass is 722 g/mol. The SMILES string of the molecule is CS(=O)(=O)c1cccc(S(=O)(=O)N2C[C@H]3CCCC[C@H]3[C@H]2C(=O)N[C@@H](Cc2ccc(NC(=O)c3c(Cl)cncc3Cl)cc2)C(=O)O)c1. The molecule has 3 aromatic rings. The number of amides is 2. The van der Waals surface area contributed by atoms with Crippen LogP contribution < -0.4 is 10.6 Å². The zero-order chi connectivity index (χ0) is 34.1. The van der Waals surface area contributed by atoms with Gasteiger partial charge in [-0.25, -0.2) is 21.6 Å². The van der Waals surface area contributed by atoms with E-state index in [0.717, 1.165) is 29.5 Å². The number of aromatic nitrogens is 1. The van der Waals surface area contributed by atoms with E-state index in [4.69, 9.17) is 23.2 Å². The average molecular weight is 724 g/mol. The predicted molar refractivity (Wildman–Crippen MR) is 175 cm³/mol. The Kier molecular flexibility index (Phi) is 10.3. The second-order valence-corrected chi connectivity index (χ2v) is 16.4. The highest BCUT2D eigenvalue weighted by Crippen LogP contribution is 2.43. The summed E-state index contributed by atoms with van der Waals surface area (Å²) in [7, 11) is -8.02. The van der Waals surface area contributed by atoms with E-state index in [0.29, 0.717) is 24.1 Å². The number of sulfone groups is 1. The summed E-state index contributed by atoms with van der Waals surface area (Å²) in [5.74, 6) is -3.03. The van der Waals surface area contributed by atoms with Gasteiger partial charge in [-0.1, -0.05) is 54.2 Å². The van der Waals surface area contributed by atoms with Gasteiger partial charge in [0.05, 0.1) is 25.4 Å². The Morgan fingerprint density at radius 2 is 1.62 bits per heavy atom. The lowest BCUT2D eigenvalue weighted by molar-refractivity contribution is -0.142. The molecule has 4 atom stereocenters. The van der Waals surface area contributed by atoms with Crippen molar-refractivity contribution < 1.29 is 36.3 Å². The van der Waals surface area contributed by atoms with E-state index < -0.39 is 49.7 Å². The smallest absolute Gasteiger partial charge is 0.326 e. The molecule has 2 aliphatic rings. The zero-order valence-electron chi connectivity index (χ0n) is 25.1. The van der Waals surface area contributed by atoms with Crippen molar-refractivity contribution in [2.75, 3.05) is 18.1 Å². The Labute approximate surface area is 282 Å².